The van der Waals surface area contributed by atoms with Gasteiger partial charge in [-0.2, -0.15) is 5.21 Å². The fourth-order valence-corrected chi connectivity index (χ4v) is 6.12. The Hall–Kier alpha value is -5.18. The number of hydrogen-bond acceptors (Lipinski definition) is 8. The number of aromatic amines is 1. The highest BCUT2D eigenvalue weighted by Crippen LogP contribution is 2.34. The number of alkyl halides is 3. The Morgan fingerprint density at radius 1 is 1.00 bits per heavy atom. The summed E-state index contributed by atoms with van der Waals surface area (Å²) in [5.74, 6) is -0.153. The minimum atomic E-state index is -4.89. The number of tetrazole rings is 1. The molecule has 15 heteroatoms. The molecule has 11 nitrogen and oxygen atoms in total. The number of urea groups is 1. The Bertz CT molecular complexity index is 1790. The molecule has 0 unspecified atom stereocenters. The van der Waals surface area contributed by atoms with E-state index in [0.717, 1.165) is 30.4 Å². The number of nitrogens with zero attached hydrogens (tertiary/aromatic N) is 5. The number of allylic oxidation sites excluding steroid dienone is 2. The molecule has 0 saturated heterocycles. The first-order valence-electron chi connectivity index (χ1n) is 14.8. The topological polar surface area (TPSA) is 137 Å². The molecule has 1 aliphatic heterocycles. The minimum absolute atomic E-state index is 0.0362. The monoisotopic (exact) mass is 662 g/mol. The quantitative estimate of drug-likeness (QED) is 0.175. The lowest BCUT2D eigenvalue weighted by molar-refractivity contribution is -0.274. The molecule has 1 aliphatic carbocycles. The average Bonchev–Trinajstić information content (AvgIpc) is 3.80. The number of aromatic nitrogens is 4. The number of thioether (sulfide) groups is 1. The second-order valence-electron chi connectivity index (χ2n) is 10.7. The summed E-state index contributed by atoms with van der Waals surface area (Å²) >= 11 is 1.32. The zero-order valence-corrected chi connectivity index (χ0v) is 25.7. The minimum Gasteiger partial charge on any atom is -0.405 e. The fraction of sp³-hybridized carbons (Fsp3) is 0.250. The van der Waals surface area contributed by atoms with Gasteiger partial charge in [-0.05, 0) is 90.1 Å². The molecule has 3 N–H and O–H groups in total. The van der Waals surface area contributed by atoms with Crippen LogP contribution in [0.4, 0.5) is 35.3 Å². The van der Waals surface area contributed by atoms with E-state index in [1.54, 1.807) is 24.3 Å². The summed E-state index contributed by atoms with van der Waals surface area (Å²) in [6, 6.07) is 17.8. The standard InChI is InChI=1S/C32H29F3N8O3S/c33-32(34,35)46-27-15-12-24(18-26(27)29-36-16-17-47-29)37-31(45)43(25-13-10-22(11-14-25)21-4-2-1-3-5-21)19-20-6-8-23(9-7-20)28(44)38-30-39-41-42-40-30/h4,6-15,18H,1-3,5,16-17,19H2,(H,37,45)(H2,38,39,40,41,42,44). The summed E-state index contributed by atoms with van der Waals surface area (Å²) in [6.07, 6.45) is 1.69. The maximum atomic E-state index is 13.9. The Morgan fingerprint density at radius 3 is 2.47 bits per heavy atom. The first kappa shape index (κ1) is 31.8. The van der Waals surface area contributed by atoms with Gasteiger partial charge in [-0.1, -0.05) is 35.4 Å². The highest BCUT2D eigenvalue weighted by Gasteiger charge is 2.33. The molecule has 0 radical (unpaired) electrons. The van der Waals surface area contributed by atoms with Crippen LogP contribution in [-0.4, -0.2) is 56.3 Å². The molecule has 0 spiro atoms. The van der Waals surface area contributed by atoms with Gasteiger partial charge in [0.2, 0.25) is 0 Å². The van der Waals surface area contributed by atoms with Gasteiger partial charge in [0, 0.05) is 29.2 Å². The van der Waals surface area contributed by atoms with Crippen molar-refractivity contribution in [3.8, 4) is 5.75 Å². The number of halogens is 3. The molecule has 2 aliphatic rings. The van der Waals surface area contributed by atoms with Crippen molar-refractivity contribution >= 4 is 51.6 Å². The first-order chi connectivity index (χ1) is 22.7. The second-order valence-corrected chi connectivity index (χ2v) is 11.8. The van der Waals surface area contributed by atoms with Gasteiger partial charge in [-0.15, -0.1) is 30.0 Å². The van der Waals surface area contributed by atoms with Crippen molar-refractivity contribution in [2.45, 2.75) is 38.6 Å². The maximum absolute atomic E-state index is 13.9. The normalized spacial score (nSPS) is 14.6. The summed E-state index contributed by atoms with van der Waals surface area (Å²) < 4.78 is 43.7. The van der Waals surface area contributed by atoms with Crippen molar-refractivity contribution in [1.29, 1.82) is 0 Å². The first-order valence-corrected chi connectivity index (χ1v) is 15.8. The molecule has 0 saturated carbocycles. The molecule has 242 valence electrons. The van der Waals surface area contributed by atoms with E-state index >= 15 is 0 Å². The molecule has 0 atom stereocenters. The molecule has 0 bridgehead atoms. The summed E-state index contributed by atoms with van der Waals surface area (Å²) in [7, 11) is 0. The summed E-state index contributed by atoms with van der Waals surface area (Å²) in [5, 5.41) is 18.9. The van der Waals surface area contributed by atoms with Gasteiger partial charge in [0.25, 0.3) is 11.9 Å². The van der Waals surface area contributed by atoms with Gasteiger partial charge in [0.1, 0.15) is 10.8 Å². The number of H-pyrrole nitrogens is 1. The second kappa shape index (κ2) is 14.1. The third-order valence-corrected chi connectivity index (χ3v) is 8.49. The lowest BCUT2D eigenvalue weighted by Gasteiger charge is -2.24. The molecule has 47 heavy (non-hydrogen) atoms. The smallest absolute Gasteiger partial charge is 0.405 e. The van der Waals surface area contributed by atoms with Crippen LogP contribution in [-0.2, 0) is 6.54 Å². The van der Waals surface area contributed by atoms with E-state index in [-0.39, 0.29) is 23.7 Å². The zero-order valence-electron chi connectivity index (χ0n) is 24.9. The summed E-state index contributed by atoms with van der Waals surface area (Å²) in [5.41, 5.74) is 4.46. The molecular formula is C32H29F3N8O3S. The van der Waals surface area contributed by atoms with Gasteiger partial charge in [-0.3, -0.25) is 20.0 Å². The van der Waals surface area contributed by atoms with Gasteiger partial charge >= 0.3 is 12.4 Å². The van der Waals surface area contributed by atoms with Crippen LogP contribution < -0.4 is 20.3 Å². The Labute approximate surface area is 271 Å². The number of anilines is 3. The highest BCUT2D eigenvalue weighted by molar-refractivity contribution is 8.14. The van der Waals surface area contributed by atoms with Gasteiger partial charge in [0.05, 0.1) is 12.1 Å². The molecule has 3 aromatic carbocycles. The summed E-state index contributed by atoms with van der Waals surface area (Å²) in [4.78, 5) is 32.3. The molecular weight excluding hydrogens is 633 g/mol. The number of amides is 3. The van der Waals surface area contributed by atoms with Crippen LogP contribution >= 0.6 is 11.8 Å². The number of hydrogen-bond donors (Lipinski definition) is 3. The van der Waals surface area contributed by atoms with Gasteiger partial charge in [0.15, 0.2) is 0 Å². The van der Waals surface area contributed by atoms with E-state index in [1.165, 1.54) is 46.9 Å². The third kappa shape index (κ3) is 8.16. The van der Waals surface area contributed by atoms with E-state index in [2.05, 4.69) is 47.1 Å². The van der Waals surface area contributed by atoms with Crippen LogP contribution in [0, 0.1) is 0 Å². The van der Waals surface area contributed by atoms with Crippen molar-refractivity contribution in [2.24, 2.45) is 4.99 Å². The van der Waals surface area contributed by atoms with Crippen molar-refractivity contribution < 1.29 is 27.5 Å². The van der Waals surface area contributed by atoms with E-state index in [9.17, 15) is 22.8 Å². The van der Waals surface area contributed by atoms with Crippen molar-refractivity contribution in [1.82, 2.24) is 20.6 Å². The zero-order chi connectivity index (χ0) is 32.8. The fourth-order valence-electron chi connectivity index (χ4n) is 5.25. The van der Waals surface area contributed by atoms with E-state index in [1.807, 2.05) is 24.3 Å². The van der Waals surface area contributed by atoms with Crippen LogP contribution in [0.5, 0.6) is 5.75 Å². The Balaban J connectivity index is 1.26. The van der Waals surface area contributed by atoms with E-state index < -0.39 is 24.1 Å². The molecule has 0 fully saturated rings. The van der Waals surface area contributed by atoms with Crippen molar-refractivity contribution in [3.63, 3.8) is 0 Å². The number of carbonyl (C=O) groups excluding carboxylic acids is 2. The molecule has 3 amide bonds. The Morgan fingerprint density at radius 2 is 1.81 bits per heavy atom. The number of rotatable bonds is 9. The van der Waals surface area contributed by atoms with Crippen molar-refractivity contribution in [2.75, 3.05) is 27.8 Å². The molecule has 4 aromatic rings. The number of nitrogens with one attached hydrogen (secondary N) is 3. The third-order valence-electron chi connectivity index (χ3n) is 7.49. The number of carbonyl (C=O) groups is 2. The largest absolute Gasteiger partial charge is 0.573 e. The predicted molar refractivity (Wildman–Crippen MR) is 174 cm³/mol. The maximum Gasteiger partial charge on any atom is 0.573 e. The molecule has 1 aromatic heterocycles. The SMILES string of the molecule is O=C(Nc1nn[nH]n1)c1ccc(CN(C(=O)Nc2ccc(OC(F)(F)F)c(C3=NCCS3)c2)c2ccc(C3=CCCCC3)cc2)cc1. The highest BCUT2D eigenvalue weighted by atomic mass is 32.2. The van der Waals surface area contributed by atoms with Crippen LogP contribution in [0.25, 0.3) is 5.57 Å². The molecule has 6 rings (SSSR count). The predicted octanol–water partition coefficient (Wildman–Crippen LogP) is 7.04. The van der Waals surface area contributed by atoms with Gasteiger partial charge < -0.3 is 10.1 Å². The van der Waals surface area contributed by atoms with Crippen LogP contribution in [0.15, 0.2) is 77.8 Å². The van der Waals surface area contributed by atoms with Crippen LogP contribution in [0.2, 0.25) is 0 Å². The number of aliphatic imine (C=N–C) groups is 1. The summed E-state index contributed by atoms with van der Waals surface area (Å²) in [6.45, 7) is 0.603. The van der Waals surface area contributed by atoms with Gasteiger partial charge in [-0.25, -0.2) is 4.79 Å². The van der Waals surface area contributed by atoms with Crippen LogP contribution in [0.3, 0.4) is 0 Å². The van der Waals surface area contributed by atoms with Crippen molar-refractivity contribution in [3.05, 3.63) is 95.1 Å². The molecule has 2 heterocycles. The Kier molecular flexibility index (Phi) is 9.52. The van der Waals surface area contributed by atoms with Crippen LogP contribution in [0.1, 0.15) is 52.7 Å². The lowest BCUT2D eigenvalue weighted by Crippen LogP contribution is -2.34. The number of ether oxygens (including phenoxy) is 1. The van der Waals surface area contributed by atoms with E-state index in [0.29, 0.717) is 28.6 Å². The lowest BCUT2D eigenvalue weighted by atomic mass is 9.93. The average molecular weight is 663 g/mol. The number of benzene rings is 3. The van der Waals surface area contributed by atoms with E-state index in [4.69, 9.17) is 0 Å².